The molecular formula is C41H42N6Pt-2. The average molecular weight is 814 g/mol. The van der Waals surface area contributed by atoms with E-state index in [0.29, 0.717) is 11.8 Å². The number of rotatable bonds is 3. The molecule has 0 saturated carbocycles. The van der Waals surface area contributed by atoms with Gasteiger partial charge in [-0.15, -0.1) is 0 Å². The van der Waals surface area contributed by atoms with Gasteiger partial charge < -0.3 is 0 Å². The van der Waals surface area contributed by atoms with E-state index in [1.54, 1.807) is 0 Å². The van der Waals surface area contributed by atoms with E-state index in [2.05, 4.69) is 195 Å². The van der Waals surface area contributed by atoms with E-state index in [-0.39, 0.29) is 5.41 Å². The second-order valence-corrected chi connectivity index (χ2v) is 16.6. The summed E-state index contributed by atoms with van der Waals surface area (Å²) in [6.07, 6.45) is 8.69. The number of nitrogens with zero attached hydrogens (tertiary/aromatic N) is 6. The van der Waals surface area contributed by atoms with Gasteiger partial charge in [0.15, 0.2) is 0 Å². The quantitative estimate of drug-likeness (QED) is 0.192. The van der Waals surface area contributed by atoms with Gasteiger partial charge in [-0.2, -0.15) is 0 Å². The molecule has 0 fully saturated rings. The van der Waals surface area contributed by atoms with Crippen LogP contribution in [-0.2, 0) is 23.1 Å². The van der Waals surface area contributed by atoms with Gasteiger partial charge in [-0.25, -0.2) is 0 Å². The van der Waals surface area contributed by atoms with Gasteiger partial charge in [0.25, 0.3) is 0 Å². The van der Waals surface area contributed by atoms with Crippen LogP contribution in [0, 0.1) is 12.1 Å². The summed E-state index contributed by atoms with van der Waals surface area (Å²) in [5.41, 5.74) is 11.6. The molecule has 0 saturated heterocycles. The van der Waals surface area contributed by atoms with Crippen LogP contribution in [0.3, 0.4) is 0 Å². The first kappa shape index (κ1) is 30.9. The molecule has 0 N–H and O–H groups in total. The fourth-order valence-corrected chi connectivity index (χ4v) is 10.3. The molecule has 4 heterocycles. The topological polar surface area (TPSA) is 19.4 Å². The Morgan fingerprint density at radius 2 is 0.958 bits per heavy atom. The van der Waals surface area contributed by atoms with Crippen LogP contribution in [0.15, 0.2) is 97.6 Å². The van der Waals surface area contributed by atoms with E-state index < -0.39 is 17.6 Å². The third-order valence-electron chi connectivity index (χ3n) is 9.78. The maximum absolute atomic E-state index is 3.92. The van der Waals surface area contributed by atoms with Crippen molar-refractivity contribution >= 4 is 42.4 Å². The summed E-state index contributed by atoms with van der Waals surface area (Å²) in [5.74, 6) is 0.635. The summed E-state index contributed by atoms with van der Waals surface area (Å²) in [6.45, 7) is 14.0. The molecule has 0 atom stereocenters. The number of hydrazine groups is 1. The van der Waals surface area contributed by atoms with Crippen LogP contribution in [-0.4, -0.2) is 32.2 Å². The summed E-state index contributed by atoms with van der Waals surface area (Å²) >= 11 is -0.580. The molecule has 248 valence electrons. The molecule has 0 spiro atoms. The molecule has 4 aromatic rings. The van der Waals surface area contributed by atoms with E-state index >= 15 is 0 Å². The van der Waals surface area contributed by atoms with Gasteiger partial charge in [-0.3, -0.25) is 0 Å². The molecule has 0 aliphatic carbocycles. The molecule has 6 nitrogen and oxygen atoms in total. The molecule has 4 aliphatic rings. The maximum atomic E-state index is 3.92. The predicted octanol–water partition coefficient (Wildman–Crippen LogP) is 8.78. The second kappa shape index (κ2) is 11.3. The summed E-state index contributed by atoms with van der Waals surface area (Å²) in [4.78, 5) is 9.18. The number of hydrogen-bond acceptors (Lipinski definition) is 6. The molecule has 8 rings (SSSR count). The monoisotopic (exact) mass is 813 g/mol. The fraction of sp³-hybridized carbons (Fsp3) is 0.268. The number of benzene rings is 4. The van der Waals surface area contributed by atoms with Crippen LogP contribution in [0.4, 0.5) is 34.1 Å². The Morgan fingerprint density at radius 1 is 0.542 bits per heavy atom. The van der Waals surface area contributed by atoms with Gasteiger partial charge >= 0.3 is 295 Å². The van der Waals surface area contributed by atoms with Crippen molar-refractivity contribution < 1.29 is 17.6 Å². The summed E-state index contributed by atoms with van der Waals surface area (Å²) in [5, 5.41) is 4.89. The van der Waals surface area contributed by atoms with E-state index in [1.165, 1.54) is 41.9 Å². The standard InChI is InChI=1S/C41H42N6.Pt/c1-29(2)35-17-11-19-37-39(35)47(40-36(30(3)4)18-12-20-38(40)41(37,5)6)46(33-15-9-13-31(25-33)44-23-21-42(7)27-44)34-16-10-14-32(26-34)45-24-22-43(8)28-45;/h9-24,29-30H,1-8H3;/q-2;. The first-order valence-electron chi connectivity index (χ1n) is 16.7. The Balaban J connectivity index is 1.49. The molecule has 48 heavy (non-hydrogen) atoms. The van der Waals surface area contributed by atoms with E-state index in [9.17, 15) is 0 Å². The molecule has 0 unspecified atom stereocenters. The van der Waals surface area contributed by atoms with Crippen molar-refractivity contribution in [2.24, 2.45) is 0 Å². The van der Waals surface area contributed by atoms with Crippen molar-refractivity contribution in [1.82, 2.24) is 9.80 Å². The van der Waals surface area contributed by atoms with Crippen LogP contribution in [0.25, 0.3) is 0 Å². The van der Waals surface area contributed by atoms with Crippen molar-refractivity contribution in [3.05, 3.63) is 132 Å². The molecule has 4 bridgehead atoms. The van der Waals surface area contributed by atoms with Crippen molar-refractivity contribution in [2.75, 3.05) is 33.9 Å². The van der Waals surface area contributed by atoms with Gasteiger partial charge in [0.05, 0.1) is 0 Å². The van der Waals surface area contributed by atoms with Gasteiger partial charge in [0.1, 0.15) is 0 Å². The summed E-state index contributed by atoms with van der Waals surface area (Å²) < 4.78 is 2.56. The Kier molecular flexibility index (Phi) is 7.30. The van der Waals surface area contributed by atoms with Crippen molar-refractivity contribution in [3.8, 4) is 0 Å². The van der Waals surface area contributed by atoms with E-state index in [0.717, 1.165) is 22.7 Å². The number of fused-ring (bicyclic) bond motifs is 10. The number of hydrogen-bond donors (Lipinski definition) is 0. The van der Waals surface area contributed by atoms with Crippen LogP contribution >= 0.6 is 0 Å². The Labute approximate surface area is 293 Å². The zero-order valence-corrected chi connectivity index (χ0v) is 31.2. The molecule has 4 aromatic carbocycles. The molecule has 0 aromatic heterocycles. The third kappa shape index (κ3) is 4.63. The van der Waals surface area contributed by atoms with E-state index in [1.807, 2.05) is 0 Å². The van der Waals surface area contributed by atoms with Gasteiger partial charge in [-0.1, -0.05) is 0 Å². The Morgan fingerprint density at radius 3 is 1.40 bits per heavy atom. The van der Waals surface area contributed by atoms with Crippen molar-refractivity contribution in [1.29, 1.82) is 0 Å². The van der Waals surface area contributed by atoms with Crippen LogP contribution in [0.5, 0.6) is 0 Å². The molecule has 0 radical (unpaired) electrons. The van der Waals surface area contributed by atoms with Gasteiger partial charge in [0.2, 0.25) is 0 Å². The zero-order valence-electron chi connectivity index (χ0n) is 28.9. The Bertz CT molecular complexity index is 1940. The SMILES string of the molecule is CC(C)c1cccc2c1N(N1c3[c-]c(ccc3)N3C=CN(C)[C]3=[Pt]=[C]3N(C)C=CN3c3[c-]c1ccc3)c1c(C(C)C)cccc1C2(C)C. The first-order chi connectivity index (χ1) is 23.1. The van der Waals surface area contributed by atoms with Crippen LogP contribution in [0.1, 0.15) is 75.6 Å². The number of anilines is 6. The molecular weight excluding hydrogens is 772 g/mol. The molecule has 0 amide bonds. The minimum absolute atomic E-state index is 0.201. The normalized spacial score (nSPS) is 17.7. The number of para-hydroxylation sites is 2. The predicted molar refractivity (Wildman–Crippen MR) is 197 cm³/mol. The van der Waals surface area contributed by atoms with Gasteiger partial charge in [-0.05, 0) is 0 Å². The van der Waals surface area contributed by atoms with Crippen molar-refractivity contribution in [2.45, 2.75) is 58.8 Å². The summed E-state index contributed by atoms with van der Waals surface area (Å²) in [6, 6.07) is 34.7. The van der Waals surface area contributed by atoms with E-state index in [4.69, 9.17) is 0 Å². The van der Waals surface area contributed by atoms with Crippen LogP contribution in [0.2, 0.25) is 0 Å². The summed E-state index contributed by atoms with van der Waals surface area (Å²) in [7, 11) is 4.30. The minimum atomic E-state index is -0.580. The third-order valence-corrected chi connectivity index (χ3v) is 13.5. The van der Waals surface area contributed by atoms with Crippen molar-refractivity contribution in [3.63, 3.8) is 0 Å². The average Bonchev–Trinajstić information content (AvgIpc) is 3.63. The Hall–Kier alpha value is -4.41. The molecule has 7 heteroatoms. The van der Waals surface area contributed by atoms with Crippen LogP contribution < -0.4 is 19.8 Å². The fourth-order valence-electron chi connectivity index (χ4n) is 7.25. The zero-order chi connectivity index (χ0) is 33.5. The first-order valence-corrected chi connectivity index (χ1v) is 19.0. The molecule has 4 aliphatic heterocycles. The van der Waals surface area contributed by atoms with Gasteiger partial charge in [0, 0.05) is 0 Å². The second-order valence-electron chi connectivity index (χ2n) is 14.0.